The molecule has 9 heteroatoms. The highest BCUT2D eigenvalue weighted by molar-refractivity contribution is 7.17. The highest BCUT2D eigenvalue weighted by atomic mass is 32.1. The normalized spacial score (nSPS) is 22.9. The zero-order valence-electron chi connectivity index (χ0n) is 10.6. The van der Waals surface area contributed by atoms with Crippen molar-refractivity contribution in [1.82, 2.24) is 9.97 Å². The summed E-state index contributed by atoms with van der Waals surface area (Å²) in [4.78, 5) is 20.6. The van der Waals surface area contributed by atoms with Crippen LogP contribution in [0, 0.1) is 5.41 Å². The SMILES string of the molecule is O=C(O)C1(C(F)(F)F)CCN(c2ncnc3ccsc23)C1. The molecule has 0 saturated carbocycles. The van der Waals surface area contributed by atoms with Crippen LogP contribution in [0.4, 0.5) is 19.0 Å². The molecule has 3 rings (SSSR count). The van der Waals surface area contributed by atoms with Gasteiger partial charge in [0.1, 0.15) is 12.1 Å². The van der Waals surface area contributed by atoms with Gasteiger partial charge in [-0.3, -0.25) is 4.79 Å². The number of anilines is 1. The standard InChI is InChI=1S/C12H10F3N3O2S/c13-12(14,15)11(10(19)20)2-3-18(5-11)9-8-7(1-4-21-8)16-6-17-9/h1,4,6H,2-3,5H2,(H,19,20). The zero-order valence-corrected chi connectivity index (χ0v) is 11.4. The monoisotopic (exact) mass is 317 g/mol. The summed E-state index contributed by atoms with van der Waals surface area (Å²) in [5.41, 5.74) is -2.09. The lowest BCUT2D eigenvalue weighted by atomic mass is 9.86. The molecule has 0 radical (unpaired) electrons. The molecule has 112 valence electrons. The molecule has 1 atom stereocenters. The lowest BCUT2D eigenvalue weighted by molar-refractivity contribution is -0.225. The molecule has 0 aliphatic carbocycles. The van der Waals surface area contributed by atoms with Crippen LogP contribution in [0.1, 0.15) is 6.42 Å². The number of rotatable bonds is 2. The summed E-state index contributed by atoms with van der Waals surface area (Å²) in [5.74, 6) is -1.48. The minimum absolute atomic E-state index is 0.00414. The number of thiophene rings is 1. The molecule has 0 aromatic carbocycles. The molecule has 1 saturated heterocycles. The fourth-order valence-corrected chi connectivity index (χ4v) is 3.38. The second kappa shape index (κ2) is 4.55. The minimum Gasteiger partial charge on any atom is -0.481 e. The van der Waals surface area contributed by atoms with Gasteiger partial charge in [-0.2, -0.15) is 13.2 Å². The Morgan fingerprint density at radius 2 is 2.19 bits per heavy atom. The van der Waals surface area contributed by atoms with E-state index in [1.165, 1.54) is 22.6 Å². The third-order valence-corrected chi connectivity index (χ3v) is 4.64. The molecule has 0 spiro atoms. The maximum Gasteiger partial charge on any atom is 0.406 e. The van der Waals surface area contributed by atoms with E-state index in [4.69, 9.17) is 5.11 Å². The Kier molecular flexibility index (Phi) is 3.05. The van der Waals surface area contributed by atoms with Crippen molar-refractivity contribution in [3.05, 3.63) is 17.8 Å². The van der Waals surface area contributed by atoms with Gasteiger partial charge < -0.3 is 10.0 Å². The minimum atomic E-state index is -4.80. The van der Waals surface area contributed by atoms with E-state index in [0.717, 1.165) is 0 Å². The molecular weight excluding hydrogens is 307 g/mol. The maximum atomic E-state index is 13.2. The van der Waals surface area contributed by atoms with E-state index in [9.17, 15) is 18.0 Å². The third-order valence-electron chi connectivity index (χ3n) is 3.75. The molecule has 0 amide bonds. The van der Waals surface area contributed by atoms with Crippen molar-refractivity contribution in [3.63, 3.8) is 0 Å². The van der Waals surface area contributed by atoms with E-state index in [1.54, 1.807) is 11.4 Å². The first kappa shape index (κ1) is 14.1. The Bertz CT molecular complexity index is 702. The number of aliphatic carboxylic acids is 1. The molecule has 1 aliphatic rings. The number of alkyl halides is 3. The van der Waals surface area contributed by atoms with Crippen LogP contribution >= 0.6 is 11.3 Å². The van der Waals surface area contributed by atoms with E-state index in [0.29, 0.717) is 16.0 Å². The highest BCUT2D eigenvalue weighted by Crippen LogP contribution is 2.47. The number of aromatic nitrogens is 2. The summed E-state index contributed by atoms with van der Waals surface area (Å²) >= 11 is 1.32. The first-order valence-electron chi connectivity index (χ1n) is 6.08. The van der Waals surface area contributed by atoms with Crippen molar-refractivity contribution in [2.24, 2.45) is 5.41 Å². The molecule has 1 N–H and O–H groups in total. The third kappa shape index (κ3) is 2.03. The van der Waals surface area contributed by atoms with Crippen LogP contribution in [-0.4, -0.2) is 40.3 Å². The van der Waals surface area contributed by atoms with Crippen LogP contribution in [0.3, 0.4) is 0 Å². The summed E-state index contributed by atoms with van der Waals surface area (Å²) in [6.07, 6.45) is -4.00. The first-order valence-corrected chi connectivity index (χ1v) is 6.96. The number of nitrogens with zero attached hydrogens (tertiary/aromatic N) is 3. The van der Waals surface area contributed by atoms with Gasteiger partial charge in [0.05, 0.1) is 10.2 Å². The number of halogens is 3. The fraction of sp³-hybridized carbons (Fsp3) is 0.417. The predicted octanol–water partition coefficient (Wildman–Crippen LogP) is 2.53. The Morgan fingerprint density at radius 1 is 1.43 bits per heavy atom. The molecule has 21 heavy (non-hydrogen) atoms. The Morgan fingerprint density at radius 3 is 2.81 bits per heavy atom. The van der Waals surface area contributed by atoms with E-state index < -0.39 is 30.5 Å². The molecule has 3 heterocycles. The summed E-state index contributed by atoms with van der Waals surface area (Å²) < 4.78 is 40.2. The second-order valence-corrected chi connectivity index (χ2v) is 5.80. The van der Waals surface area contributed by atoms with Crippen molar-refractivity contribution in [3.8, 4) is 0 Å². The first-order chi connectivity index (χ1) is 9.85. The summed E-state index contributed by atoms with van der Waals surface area (Å²) in [6.45, 7) is -0.633. The Balaban J connectivity index is 2.00. The number of hydrogen-bond acceptors (Lipinski definition) is 5. The molecule has 1 aliphatic heterocycles. The lowest BCUT2D eigenvalue weighted by Crippen LogP contribution is -2.47. The summed E-state index contributed by atoms with van der Waals surface area (Å²) in [7, 11) is 0. The quantitative estimate of drug-likeness (QED) is 0.922. The second-order valence-electron chi connectivity index (χ2n) is 4.89. The van der Waals surface area contributed by atoms with Gasteiger partial charge in [-0.05, 0) is 17.9 Å². The van der Waals surface area contributed by atoms with Crippen molar-refractivity contribution >= 4 is 33.3 Å². The van der Waals surface area contributed by atoms with Crippen LogP contribution in [0.25, 0.3) is 10.2 Å². The van der Waals surface area contributed by atoms with Gasteiger partial charge in [-0.15, -0.1) is 11.3 Å². The molecule has 2 aromatic heterocycles. The smallest absolute Gasteiger partial charge is 0.406 e. The maximum absolute atomic E-state index is 13.2. The predicted molar refractivity (Wildman–Crippen MR) is 70.4 cm³/mol. The van der Waals surface area contributed by atoms with Gasteiger partial charge in [0, 0.05) is 13.1 Å². The number of carboxylic acids is 1. The Hall–Kier alpha value is -1.90. The molecule has 5 nitrogen and oxygen atoms in total. The van der Waals surface area contributed by atoms with Crippen molar-refractivity contribution < 1.29 is 23.1 Å². The van der Waals surface area contributed by atoms with E-state index in [1.807, 2.05) is 0 Å². The fourth-order valence-electron chi connectivity index (χ4n) is 2.52. The van der Waals surface area contributed by atoms with Crippen molar-refractivity contribution in [2.75, 3.05) is 18.0 Å². The molecular formula is C12H10F3N3O2S. The van der Waals surface area contributed by atoms with Crippen molar-refractivity contribution in [1.29, 1.82) is 0 Å². The number of carbonyl (C=O) groups is 1. The van der Waals surface area contributed by atoms with E-state index in [2.05, 4.69) is 9.97 Å². The van der Waals surface area contributed by atoms with Gasteiger partial charge in [0.25, 0.3) is 0 Å². The van der Waals surface area contributed by atoms with Gasteiger partial charge in [0.15, 0.2) is 5.41 Å². The average molecular weight is 317 g/mol. The number of hydrogen-bond donors (Lipinski definition) is 1. The Labute approximate surface area is 121 Å². The van der Waals surface area contributed by atoms with Gasteiger partial charge in [-0.1, -0.05) is 0 Å². The number of carboxylic acid groups (broad SMARTS) is 1. The zero-order chi connectivity index (χ0) is 15.3. The lowest BCUT2D eigenvalue weighted by Gasteiger charge is -2.27. The van der Waals surface area contributed by atoms with Gasteiger partial charge >= 0.3 is 12.1 Å². The average Bonchev–Trinajstić information content (AvgIpc) is 3.04. The summed E-state index contributed by atoms with van der Waals surface area (Å²) in [5, 5.41) is 10.8. The largest absolute Gasteiger partial charge is 0.481 e. The number of fused-ring (bicyclic) bond motifs is 1. The van der Waals surface area contributed by atoms with E-state index >= 15 is 0 Å². The highest BCUT2D eigenvalue weighted by Gasteiger charge is 2.64. The molecule has 2 aromatic rings. The topological polar surface area (TPSA) is 66.3 Å². The van der Waals surface area contributed by atoms with Crippen molar-refractivity contribution in [2.45, 2.75) is 12.6 Å². The molecule has 1 fully saturated rings. The van der Waals surface area contributed by atoms with Gasteiger partial charge in [-0.25, -0.2) is 9.97 Å². The van der Waals surface area contributed by atoms with E-state index in [-0.39, 0.29) is 6.54 Å². The summed E-state index contributed by atoms with van der Waals surface area (Å²) in [6, 6.07) is 1.75. The van der Waals surface area contributed by atoms with Crippen LogP contribution < -0.4 is 4.90 Å². The molecule has 1 unspecified atom stereocenters. The van der Waals surface area contributed by atoms with Crippen LogP contribution in [0.2, 0.25) is 0 Å². The van der Waals surface area contributed by atoms with Crippen LogP contribution in [0.5, 0.6) is 0 Å². The van der Waals surface area contributed by atoms with Gasteiger partial charge in [0.2, 0.25) is 0 Å². The van der Waals surface area contributed by atoms with Crippen LogP contribution in [0.15, 0.2) is 17.8 Å². The molecule has 0 bridgehead atoms. The van der Waals surface area contributed by atoms with Crippen LogP contribution in [-0.2, 0) is 4.79 Å².